The number of anilines is 1. The molecule has 2 heterocycles. The summed E-state index contributed by atoms with van der Waals surface area (Å²) in [7, 11) is 0. The predicted octanol–water partition coefficient (Wildman–Crippen LogP) is 2.28. The summed E-state index contributed by atoms with van der Waals surface area (Å²) in [4.78, 5) is 23.8. The summed E-state index contributed by atoms with van der Waals surface area (Å²) in [6, 6.07) is 3.16. The van der Waals surface area contributed by atoms with Crippen LogP contribution in [-0.4, -0.2) is 31.0 Å². The van der Waals surface area contributed by atoms with Gasteiger partial charge < -0.3 is 14.8 Å². The van der Waals surface area contributed by atoms with Crippen LogP contribution in [0, 0.1) is 5.92 Å². The zero-order valence-electron chi connectivity index (χ0n) is 10.9. The molecule has 1 N–H and O–H groups in total. The highest BCUT2D eigenvalue weighted by molar-refractivity contribution is 6.34. The van der Waals surface area contributed by atoms with Crippen LogP contribution < -0.4 is 10.1 Å². The molecule has 1 aromatic rings. The van der Waals surface area contributed by atoms with E-state index in [1.54, 1.807) is 12.1 Å². The second kappa shape index (κ2) is 5.07. The lowest BCUT2D eigenvalue weighted by Crippen LogP contribution is -2.26. The molecule has 0 spiro atoms. The summed E-state index contributed by atoms with van der Waals surface area (Å²) in [5, 5.41) is 2.98. The predicted molar refractivity (Wildman–Crippen MR) is 73.4 cm³/mol. The summed E-state index contributed by atoms with van der Waals surface area (Å²) >= 11 is 6.16. The van der Waals surface area contributed by atoms with Crippen molar-refractivity contribution in [3.05, 3.63) is 22.7 Å². The fourth-order valence-electron chi connectivity index (χ4n) is 2.56. The Bertz CT molecular complexity index is 587. The average Bonchev–Trinajstić information content (AvgIpc) is 2.83. The number of ketones is 1. The number of rotatable bonds is 2. The zero-order valence-corrected chi connectivity index (χ0v) is 11.7. The molecule has 2 aliphatic heterocycles. The smallest absolute Gasteiger partial charge is 0.262 e. The van der Waals surface area contributed by atoms with E-state index in [0.29, 0.717) is 35.1 Å². The van der Waals surface area contributed by atoms with Crippen LogP contribution in [0.15, 0.2) is 12.1 Å². The van der Waals surface area contributed by atoms with Gasteiger partial charge in [0, 0.05) is 12.2 Å². The largest absolute Gasteiger partial charge is 0.482 e. The van der Waals surface area contributed by atoms with E-state index in [-0.39, 0.29) is 30.3 Å². The second-order valence-electron chi connectivity index (χ2n) is 5.00. The number of carbonyl (C=O) groups is 2. The van der Waals surface area contributed by atoms with Gasteiger partial charge >= 0.3 is 0 Å². The SMILES string of the molecule is CC1OCCC1C(=O)c1cc2c(cc1Cl)NC(=O)CO2. The van der Waals surface area contributed by atoms with Crippen molar-refractivity contribution in [3.8, 4) is 5.75 Å². The Morgan fingerprint density at radius 1 is 1.45 bits per heavy atom. The number of amides is 1. The normalized spacial score (nSPS) is 24.8. The van der Waals surface area contributed by atoms with Crippen LogP contribution in [0.2, 0.25) is 5.02 Å². The molecule has 3 rings (SSSR count). The van der Waals surface area contributed by atoms with Crippen molar-refractivity contribution in [1.29, 1.82) is 0 Å². The molecule has 1 aromatic carbocycles. The molecule has 1 fully saturated rings. The van der Waals surface area contributed by atoms with E-state index in [2.05, 4.69) is 5.32 Å². The van der Waals surface area contributed by atoms with E-state index in [9.17, 15) is 9.59 Å². The van der Waals surface area contributed by atoms with Crippen LogP contribution >= 0.6 is 11.6 Å². The van der Waals surface area contributed by atoms with Gasteiger partial charge in [-0.3, -0.25) is 9.59 Å². The van der Waals surface area contributed by atoms with Crippen molar-refractivity contribution in [2.75, 3.05) is 18.5 Å². The van der Waals surface area contributed by atoms with Crippen LogP contribution in [0.5, 0.6) is 5.75 Å². The Morgan fingerprint density at radius 2 is 2.25 bits per heavy atom. The number of carbonyl (C=O) groups excluding carboxylic acids is 2. The molecule has 1 amide bonds. The van der Waals surface area contributed by atoms with Gasteiger partial charge in [0.05, 0.1) is 22.7 Å². The minimum Gasteiger partial charge on any atom is -0.482 e. The van der Waals surface area contributed by atoms with E-state index in [0.717, 1.165) is 0 Å². The van der Waals surface area contributed by atoms with Gasteiger partial charge in [0.2, 0.25) is 0 Å². The Balaban J connectivity index is 1.94. The highest BCUT2D eigenvalue weighted by atomic mass is 35.5. The van der Waals surface area contributed by atoms with Crippen molar-refractivity contribution < 1.29 is 19.1 Å². The maximum absolute atomic E-state index is 12.5. The van der Waals surface area contributed by atoms with Gasteiger partial charge in [-0.25, -0.2) is 0 Å². The molecule has 0 bridgehead atoms. The van der Waals surface area contributed by atoms with Crippen molar-refractivity contribution >= 4 is 29.0 Å². The van der Waals surface area contributed by atoms with E-state index >= 15 is 0 Å². The maximum Gasteiger partial charge on any atom is 0.262 e. The van der Waals surface area contributed by atoms with Crippen molar-refractivity contribution in [1.82, 2.24) is 0 Å². The van der Waals surface area contributed by atoms with Crippen LogP contribution in [0.25, 0.3) is 0 Å². The molecule has 106 valence electrons. The van der Waals surface area contributed by atoms with E-state index in [1.807, 2.05) is 6.92 Å². The molecule has 6 heteroatoms. The summed E-state index contributed by atoms with van der Waals surface area (Å²) in [6.45, 7) is 2.43. The average molecular weight is 296 g/mol. The Labute approximate surface area is 121 Å². The van der Waals surface area contributed by atoms with Gasteiger partial charge in [-0.05, 0) is 25.5 Å². The summed E-state index contributed by atoms with van der Waals surface area (Å²) in [6.07, 6.45) is 0.598. The lowest BCUT2D eigenvalue weighted by Gasteiger charge is -2.20. The van der Waals surface area contributed by atoms with Gasteiger partial charge in [-0.1, -0.05) is 11.6 Å². The number of halogens is 1. The third kappa shape index (κ3) is 2.27. The minimum atomic E-state index is -0.231. The first-order chi connectivity index (χ1) is 9.56. The van der Waals surface area contributed by atoms with Crippen molar-refractivity contribution in [2.24, 2.45) is 5.92 Å². The molecule has 0 aliphatic carbocycles. The Hall–Kier alpha value is -1.59. The molecular formula is C14H14ClNO4. The monoisotopic (exact) mass is 295 g/mol. The zero-order chi connectivity index (χ0) is 14.3. The van der Waals surface area contributed by atoms with Crippen molar-refractivity contribution in [2.45, 2.75) is 19.4 Å². The standard InChI is InChI=1S/C14H14ClNO4/c1-7-8(2-3-19-7)14(18)9-4-12-11(5-10(9)15)16-13(17)6-20-12/h4-5,7-8H,2-3,6H2,1H3,(H,16,17). The molecule has 0 radical (unpaired) electrons. The fraction of sp³-hybridized carbons (Fsp3) is 0.429. The lowest BCUT2D eigenvalue weighted by atomic mass is 9.92. The van der Waals surface area contributed by atoms with Gasteiger partial charge in [-0.2, -0.15) is 0 Å². The second-order valence-corrected chi connectivity index (χ2v) is 5.41. The molecular weight excluding hydrogens is 282 g/mol. The molecule has 2 aliphatic rings. The quantitative estimate of drug-likeness (QED) is 0.850. The molecule has 2 atom stereocenters. The number of nitrogens with one attached hydrogen (secondary N) is 1. The molecule has 0 saturated carbocycles. The van der Waals surface area contributed by atoms with Gasteiger partial charge in [-0.15, -0.1) is 0 Å². The van der Waals surface area contributed by atoms with Crippen LogP contribution in [0.3, 0.4) is 0 Å². The van der Waals surface area contributed by atoms with Gasteiger partial charge in [0.25, 0.3) is 5.91 Å². The molecule has 20 heavy (non-hydrogen) atoms. The van der Waals surface area contributed by atoms with Crippen LogP contribution in [0.1, 0.15) is 23.7 Å². The van der Waals surface area contributed by atoms with Gasteiger partial charge in [0.15, 0.2) is 12.4 Å². The topological polar surface area (TPSA) is 64.6 Å². The summed E-state index contributed by atoms with van der Waals surface area (Å²) in [5.41, 5.74) is 0.919. The molecule has 0 aromatic heterocycles. The minimum absolute atomic E-state index is 0.0386. The molecule has 1 saturated heterocycles. The highest BCUT2D eigenvalue weighted by Gasteiger charge is 2.33. The number of fused-ring (bicyclic) bond motifs is 1. The van der Waals surface area contributed by atoms with Crippen LogP contribution in [-0.2, 0) is 9.53 Å². The number of ether oxygens (including phenoxy) is 2. The van der Waals surface area contributed by atoms with E-state index in [1.165, 1.54) is 0 Å². The number of benzene rings is 1. The third-order valence-corrected chi connectivity index (χ3v) is 3.99. The lowest BCUT2D eigenvalue weighted by molar-refractivity contribution is -0.118. The van der Waals surface area contributed by atoms with E-state index < -0.39 is 0 Å². The first-order valence-electron chi connectivity index (χ1n) is 6.48. The Kier molecular flexibility index (Phi) is 3.40. The number of hydrogen-bond donors (Lipinski definition) is 1. The maximum atomic E-state index is 12.5. The summed E-state index contributed by atoms with van der Waals surface area (Å²) in [5.74, 6) is 0.0291. The molecule has 5 nitrogen and oxygen atoms in total. The first-order valence-corrected chi connectivity index (χ1v) is 6.86. The number of hydrogen-bond acceptors (Lipinski definition) is 4. The third-order valence-electron chi connectivity index (χ3n) is 3.68. The molecule has 2 unspecified atom stereocenters. The summed E-state index contributed by atoms with van der Waals surface area (Å²) < 4.78 is 10.7. The number of Topliss-reactive ketones (excluding diaryl/α,β-unsaturated/α-hetero) is 1. The Morgan fingerprint density at radius 3 is 2.95 bits per heavy atom. The van der Waals surface area contributed by atoms with E-state index in [4.69, 9.17) is 21.1 Å². The highest BCUT2D eigenvalue weighted by Crippen LogP contribution is 2.36. The van der Waals surface area contributed by atoms with Crippen LogP contribution in [0.4, 0.5) is 5.69 Å². The first kappa shape index (κ1) is 13.4. The fourth-order valence-corrected chi connectivity index (χ4v) is 2.82. The van der Waals surface area contributed by atoms with Gasteiger partial charge in [0.1, 0.15) is 5.75 Å². The van der Waals surface area contributed by atoms with Crippen molar-refractivity contribution in [3.63, 3.8) is 0 Å².